The molecule has 0 heterocycles. The van der Waals surface area contributed by atoms with E-state index in [1.165, 1.54) is 30.3 Å². The van der Waals surface area contributed by atoms with Crippen molar-refractivity contribution in [3.05, 3.63) is 78.9 Å². The van der Waals surface area contributed by atoms with Gasteiger partial charge in [-0.15, -0.1) is 0 Å². The summed E-state index contributed by atoms with van der Waals surface area (Å²) >= 11 is 0. The molecule has 0 unspecified atom stereocenters. The van der Waals surface area contributed by atoms with Gasteiger partial charge in [-0.3, -0.25) is 19.4 Å². The molecule has 0 saturated carbocycles. The Morgan fingerprint density at radius 1 is 0.453 bits per heavy atom. The monoisotopic (exact) mass is 839 g/mol. The van der Waals surface area contributed by atoms with E-state index in [4.69, 9.17) is 5.73 Å². The molecule has 53 heavy (non-hydrogen) atoms. The molecule has 25 heteroatoms. The number of rotatable bonds is 10. The number of benzene rings is 5. The maximum atomic E-state index is 12.4. The van der Waals surface area contributed by atoms with Crippen LogP contribution in [0.3, 0.4) is 0 Å². The summed E-state index contributed by atoms with van der Waals surface area (Å²) in [5.74, 6) is 0. The second-order valence-corrected chi connectivity index (χ2v) is 15.7. The molecule has 5 rings (SSSR count). The molecule has 0 radical (unpaired) electrons. The van der Waals surface area contributed by atoms with E-state index < -0.39 is 60.1 Å². The summed E-state index contributed by atoms with van der Waals surface area (Å²) in [6.07, 6.45) is 0.548. The fourth-order valence-corrected chi connectivity index (χ4v) is 7.70. The molecule has 17 nitrogen and oxygen atoms in total. The zero-order valence-corrected chi connectivity index (χ0v) is 39.2. The van der Waals surface area contributed by atoms with Crippen LogP contribution in [0.4, 0.5) is 28.4 Å². The van der Waals surface area contributed by atoms with E-state index in [0.717, 1.165) is 46.2 Å². The Kier molecular flexibility index (Phi) is 17.5. The molecule has 0 bridgehead atoms. The van der Waals surface area contributed by atoms with Crippen molar-refractivity contribution in [3.63, 3.8) is 0 Å². The predicted molar refractivity (Wildman–Crippen MR) is 167 cm³/mol. The number of amides is 2. The first kappa shape index (κ1) is 50.0. The predicted octanol–water partition coefficient (Wildman–Crippen LogP) is -10.2. The largest absolute Gasteiger partial charge is 1.00 e. The Labute approximate surface area is 391 Å². The van der Waals surface area contributed by atoms with Gasteiger partial charge in [-0.05, 0) is 88.3 Å². The minimum Gasteiger partial charge on any atom is -0.744 e. The smallest absolute Gasteiger partial charge is 0.744 e. The summed E-state index contributed by atoms with van der Waals surface area (Å²) in [5, 5.41) is -0.946. The summed E-state index contributed by atoms with van der Waals surface area (Å²) in [6, 6.07) is 13.1. The number of fused-ring (bicyclic) bond motifs is 2. The summed E-state index contributed by atoms with van der Waals surface area (Å²) < 4.78 is 141. The van der Waals surface area contributed by atoms with Gasteiger partial charge in [-0.25, -0.2) is 33.7 Å². The molecule has 0 atom stereocenters. The van der Waals surface area contributed by atoms with Crippen LogP contribution < -0.4 is 134 Å². The Balaban J connectivity index is 0.00000351. The maximum absolute atomic E-state index is 12.4. The molecule has 2 amide bonds. The van der Waals surface area contributed by atoms with Crippen molar-refractivity contribution in [2.24, 2.45) is 0 Å². The number of nitrogens with zero attached hydrogens (tertiary/aromatic N) is 2. The van der Waals surface area contributed by atoms with Crippen LogP contribution in [0.25, 0.3) is 21.5 Å². The zero-order valence-electron chi connectivity index (χ0n) is 28.0. The normalized spacial score (nSPS) is 11.6. The van der Waals surface area contributed by atoms with Crippen LogP contribution in [0.1, 0.15) is 0 Å². The zero-order chi connectivity index (χ0) is 36.3. The fraction of sp³-hybridized carbons (Fsp3) is 0. The van der Waals surface area contributed by atoms with Gasteiger partial charge in [0.2, 0.25) is 12.8 Å². The number of nitrogens with two attached hydrogens (primary N) is 1. The van der Waals surface area contributed by atoms with Crippen LogP contribution in [0.2, 0.25) is 0 Å². The molecule has 0 aliphatic rings. The quantitative estimate of drug-likeness (QED) is 0.0591. The van der Waals surface area contributed by atoms with Crippen LogP contribution in [-0.4, -0.2) is 64.7 Å². The van der Waals surface area contributed by atoms with Gasteiger partial charge in [0, 0.05) is 17.1 Å². The molecule has 0 aliphatic heterocycles. The van der Waals surface area contributed by atoms with Gasteiger partial charge in [0.1, 0.15) is 40.5 Å². The molecular weight excluding hydrogens is 823 g/mol. The van der Waals surface area contributed by atoms with Gasteiger partial charge >= 0.3 is 118 Å². The number of hydrogen-bond donors (Lipinski definition) is 1. The first-order chi connectivity index (χ1) is 22.6. The molecule has 2 N–H and O–H groups in total. The van der Waals surface area contributed by atoms with Crippen molar-refractivity contribution in [1.82, 2.24) is 0 Å². The standard InChI is InChI=1S/C28H21N3O14S4.4Na/c29-18-9-21(30(14-32)19-1-3-25-16(5-19)7-23(46(34,35)36)12-27(25)48(40,41)42)11-22(10-18)31(15-33)20-2-4-26-17(6-20)8-24(47(37,38)39)13-28(26)49(43,44)45;;;;/h1-15H,29H2,(H,34,35,36)(H,37,38,39)(H,40,41,42)(H,43,44,45);;;;/q;4*+1/p-4. The van der Waals surface area contributed by atoms with Gasteiger partial charge in [0.15, 0.2) is 0 Å². The third-order valence-corrected chi connectivity index (χ3v) is 10.5. The van der Waals surface area contributed by atoms with Crippen molar-refractivity contribution < 1.29 is 180 Å². The van der Waals surface area contributed by atoms with Crippen LogP contribution >= 0.6 is 0 Å². The molecule has 0 spiro atoms. The van der Waals surface area contributed by atoms with E-state index in [0.29, 0.717) is 12.1 Å². The fourth-order valence-electron chi connectivity index (χ4n) is 5.03. The SMILES string of the molecule is Nc1cc(N(C=O)c2ccc3c(S(=O)(=O)[O-])cc(S(=O)(=O)[O-])cc3c2)cc(N(C=O)c2ccc3c(S(=O)(=O)[O-])cc(S(=O)(=O)[O-])cc3c2)c1.[Na+].[Na+].[Na+].[Na+]. The van der Waals surface area contributed by atoms with E-state index in [-0.39, 0.29) is 181 Å². The molecule has 0 aliphatic carbocycles. The molecule has 256 valence electrons. The Bertz CT molecular complexity index is 2520. The molecule has 0 fully saturated rings. The topological polar surface area (TPSA) is 295 Å². The molecule has 5 aromatic rings. The number of nitrogen functional groups attached to an aromatic ring is 1. The van der Waals surface area contributed by atoms with Crippen molar-refractivity contribution in [2.75, 3.05) is 15.5 Å². The van der Waals surface area contributed by atoms with E-state index in [1.807, 2.05) is 0 Å². The average Bonchev–Trinajstić information content (AvgIpc) is 2.98. The number of carbonyl (C=O) groups excluding carboxylic acids is 2. The van der Waals surface area contributed by atoms with Gasteiger partial charge in [-0.1, -0.05) is 12.1 Å². The Morgan fingerprint density at radius 3 is 1.08 bits per heavy atom. The van der Waals surface area contributed by atoms with E-state index in [2.05, 4.69) is 0 Å². The van der Waals surface area contributed by atoms with Crippen molar-refractivity contribution in [1.29, 1.82) is 0 Å². The minimum atomic E-state index is -5.27. The summed E-state index contributed by atoms with van der Waals surface area (Å²) in [5.41, 5.74) is 5.88. The van der Waals surface area contributed by atoms with Crippen LogP contribution in [0.15, 0.2) is 98.4 Å². The van der Waals surface area contributed by atoms with Crippen LogP contribution in [0.5, 0.6) is 0 Å². The first-order valence-electron chi connectivity index (χ1n) is 13.0. The number of anilines is 5. The molecule has 0 aromatic heterocycles. The number of hydrogen-bond acceptors (Lipinski definition) is 15. The second-order valence-electron chi connectivity index (χ2n) is 10.2. The van der Waals surface area contributed by atoms with Gasteiger partial charge in [-0.2, -0.15) is 0 Å². The summed E-state index contributed by atoms with van der Waals surface area (Å²) in [4.78, 5) is 22.6. The third kappa shape index (κ3) is 11.1. The third-order valence-electron chi connectivity index (χ3n) is 7.11. The maximum Gasteiger partial charge on any atom is 1.00 e. The molecule has 5 aromatic carbocycles. The van der Waals surface area contributed by atoms with E-state index in [9.17, 15) is 61.5 Å². The van der Waals surface area contributed by atoms with E-state index >= 15 is 0 Å². The van der Waals surface area contributed by atoms with Crippen molar-refractivity contribution >= 4 is 103 Å². The first-order valence-corrected chi connectivity index (χ1v) is 18.6. The van der Waals surface area contributed by atoms with Gasteiger partial charge in [0.05, 0.1) is 31.0 Å². The second kappa shape index (κ2) is 18.5. The van der Waals surface area contributed by atoms with Crippen molar-refractivity contribution in [3.8, 4) is 0 Å². The van der Waals surface area contributed by atoms with Crippen molar-refractivity contribution in [2.45, 2.75) is 19.6 Å². The average molecular weight is 840 g/mol. The number of carbonyl (C=O) groups is 2. The molecule has 0 saturated heterocycles. The summed E-state index contributed by atoms with van der Waals surface area (Å²) in [6.45, 7) is 0. The van der Waals surface area contributed by atoms with Gasteiger partial charge in [0.25, 0.3) is 0 Å². The van der Waals surface area contributed by atoms with Gasteiger partial charge < -0.3 is 23.9 Å². The molecular formula is C28H17N3Na4O14S4. The van der Waals surface area contributed by atoms with Crippen LogP contribution in [0, 0.1) is 0 Å². The Hall–Kier alpha value is -1.000. The minimum absolute atomic E-state index is 0. The Morgan fingerprint density at radius 2 is 0.792 bits per heavy atom. The van der Waals surface area contributed by atoms with E-state index in [1.54, 1.807) is 0 Å². The van der Waals surface area contributed by atoms with Crippen LogP contribution in [-0.2, 0) is 50.1 Å². The summed E-state index contributed by atoms with van der Waals surface area (Å²) in [7, 11) is -21.0.